The van der Waals surface area contributed by atoms with Gasteiger partial charge < -0.3 is 15.0 Å². The lowest BCUT2D eigenvalue weighted by Crippen LogP contribution is -2.39. The molecule has 1 N–H and O–H groups in total. The van der Waals surface area contributed by atoms with E-state index in [-0.39, 0.29) is 30.6 Å². The second kappa shape index (κ2) is 10.4. The molecule has 29 heavy (non-hydrogen) atoms. The molecule has 0 aliphatic rings. The van der Waals surface area contributed by atoms with E-state index < -0.39 is 0 Å². The Bertz CT molecular complexity index is 892. The Kier molecular flexibility index (Phi) is 7.95. The zero-order valence-electron chi connectivity index (χ0n) is 17.5. The summed E-state index contributed by atoms with van der Waals surface area (Å²) in [5, 5.41) is 2.86. The number of carbonyl (C=O) groups excluding carboxylic acids is 3. The first-order chi connectivity index (χ1) is 13.8. The van der Waals surface area contributed by atoms with Crippen LogP contribution in [0.3, 0.4) is 0 Å². The first-order valence-electron chi connectivity index (χ1n) is 9.66. The van der Waals surface area contributed by atoms with E-state index in [2.05, 4.69) is 5.32 Å². The minimum absolute atomic E-state index is 0.0320. The monoisotopic (exact) mass is 396 g/mol. The normalized spacial score (nSPS) is 10.3. The number of nitrogens with zero attached hydrogens (tertiary/aromatic N) is 1. The molecule has 0 saturated heterocycles. The van der Waals surface area contributed by atoms with Crippen LogP contribution in [-0.2, 0) is 16.0 Å². The largest absolute Gasteiger partial charge is 0.496 e. The van der Waals surface area contributed by atoms with Crippen LogP contribution in [0.2, 0.25) is 0 Å². The highest BCUT2D eigenvalue weighted by atomic mass is 16.5. The highest BCUT2D eigenvalue weighted by molar-refractivity contribution is 5.96. The number of hydrogen-bond donors (Lipinski definition) is 1. The average Bonchev–Trinajstić information content (AvgIpc) is 2.69. The molecule has 0 spiro atoms. The molecule has 2 amide bonds. The topological polar surface area (TPSA) is 75.7 Å². The van der Waals surface area contributed by atoms with Crippen LogP contribution in [-0.4, -0.2) is 42.7 Å². The average molecular weight is 396 g/mol. The number of anilines is 1. The van der Waals surface area contributed by atoms with Crippen molar-refractivity contribution in [3.8, 4) is 5.75 Å². The van der Waals surface area contributed by atoms with Gasteiger partial charge in [0.15, 0.2) is 5.78 Å². The highest BCUT2D eigenvalue weighted by Gasteiger charge is 2.19. The number of hydrogen-bond acceptors (Lipinski definition) is 4. The lowest BCUT2D eigenvalue weighted by Gasteiger charge is -2.22. The van der Waals surface area contributed by atoms with Crippen LogP contribution in [0.25, 0.3) is 0 Å². The Hall–Kier alpha value is -3.15. The van der Waals surface area contributed by atoms with Gasteiger partial charge in [-0.05, 0) is 50.1 Å². The van der Waals surface area contributed by atoms with Crippen LogP contribution in [0.1, 0.15) is 41.8 Å². The fourth-order valence-electron chi connectivity index (χ4n) is 3.05. The van der Waals surface area contributed by atoms with Crippen molar-refractivity contribution in [3.63, 3.8) is 0 Å². The van der Waals surface area contributed by atoms with Gasteiger partial charge in [-0.1, -0.05) is 25.1 Å². The number of ketones is 1. The summed E-state index contributed by atoms with van der Waals surface area (Å²) in [6.45, 7) is 5.78. The molecule has 0 fully saturated rings. The van der Waals surface area contributed by atoms with Crippen LogP contribution >= 0.6 is 0 Å². The van der Waals surface area contributed by atoms with Gasteiger partial charge in [-0.25, -0.2) is 0 Å². The van der Waals surface area contributed by atoms with Crippen molar-refractivity contribution in [1.82, 2.24) is 4.90 Å². The Labute approximate surface area is 171 Å². The zero-order valence-corrected chi connectivity index (χ0v) is 17.5. The van der Waals surface area contributed by atoms with Gasteiger partial charge in [0.05, 0.1) is 20.1 Å². The van der Waals surface area contributed by atoms with E-state index in [1.807, 2.05) is 38.1 Å². The minimum Gasteiger partial charge on any atom is -0.496 e. The van der Waals surface area contributed by atoms with Crippen LogP contribution in [0.15, 0.2) is 42.5 Å². The number of para-hydroxylation sites is 1. The van der Waals surface area contributed by atoms with Gasteiger partial charge in [0, 0.05) is 23.4 Å². The molecule has 2 aromatic carbocycles. The van der Waals surface area contributed by atoms with Crippen LogP contribution in [0.4, 0.5) is 5.69 Å². The summed E-state index contributed by atoms with van der Waals surface area (Å²) in [6, 6.07) is 12.5. The van der Waals surface area contributed by atoms with Crippen molar-refractivity contribution in [3.05, 3.63) is 59.2 Å². The van der Waals surface area contributed by atoms with Crippen molar-refractivity contribution < 1.29 is 19.1 Å². The molecule has 6 nitrogen and oxygen atoms in total. The van der Waals surface area contributed by atoms with E-state index in [0.29, 0.717) is 23.4 Å². The molecular weight excluding hydrogens is 368 g/mol. The molecule has 0 bridgehead atoms. The van der Waals surface area contributed by atoms with E-state index in [0.717, 1.165) is 17.7 Å². The van der Waals surface area contributed by atoms with Gasteiger partial charge in [-0.2, -0.15) is 0 Å². The van der Waals surface area contributed by atoms with Crippen LogP contribution in [0, 0.1) is 6.92 Å². The van der Waals surface area contributed by atoms with Crippen LogP contribution in [0.5, 0.6) is 5.75 Å². The zero-order chi connectivity index (χ0) is 21.4. The fourth-order valence-corrected chi connectivity index (χ4v) is 3.05. The van der Waals surface area contributed by atoms with Crippen molar-refractivity contribution in [2.24, 2.45) is 0 Å². The Balaban J connectivity index is 2.13. The quantitative estimate of drug-likeness (QED) is 0.657. The number of aryl methyl sites for hydroxylation is 1. The van der Waals surface area contributed by atoms with Crippen molar-refractivity contribution in [2.45, 2.75) is 33.6 Å². The summed E-state index contributed by atoms with van der Waals surface area (Å²) in [5.74, 6) is 0.0323. The van der Waals surface area contributed by atoms with E-state index in [4.69, 9.17) is 4.74 Å². The predicted octanol–water partition coefficient (Wildman–Crippen LogP) is 3.63. The summed E-state index contributed by atoms with van der Waals surface area (Å²) in [6.07, 6.45) is 0.788. The molecule has 2 aromatic rings. The number of nitrogens with one attached hydrogen (secondary N) is 1. The fraction of sp³-hybridized carbons (Fsp3) is 0.348. The third-order valence-electron chi connectivity index (χ3n) is 4.63. The Morgan fingerprint density at radius 2 is 1.83 bits per heavy atom. The molecule has 0 heterocycles. The molecule has 0 aromatic heterocycles. The Morgan fingerprint density at radius 3 is 2.45 bits per heavy atom. The summed E-state index contributed by atoms with van der Waals surface area (Å²) in [4.78, 5) is 38.6. The van der Waals surface area contributed by atoms with E-state index >= 15 is 0 Å². The van der Waals surface area contributed by atoms with Crippen molar-refractivity contribution in [1.29, 1.82) is 0 Å². The number of benzene rings is 2. The molecule has 0 aliphatic heterocycles. The van der Waals surface area contributed by atoms with Gasteiger partial charge in [0.1, 0.15) is 5.75 Å². The molecule has 154 valence electrons. The lowest BCUT2D eigenvalue weighted by atomic mass is 10.0. The van der Waals surface area contributed by atoms with Crippen LogP contribution < -0.4 is 10.1 Å². The Morgan fingerprint density at radius 1 is 1.10 bits per heavy atom. The number of amides is 2. The molecule has 0 saturated carbocycles. The molecular formula is C23H28N2O4. The highest BCUT2D eigenvalue weighted by Crippen LogP contribution is 2.22. The summed E-state index contributed by atoms with van der Waals surface area (Å²) < 4.78 is 5.33. The van der Waals surface area contributed by atoms with E-state index in [1.165, 1.54) is 18.9 Å². The van der Waals surface area contributed by atoms with Gasteiger partial charge in [-0.15, -0.1) is 0 Å². The minimum atomic E-state index is -0.245. The van der Waals surface area contributed by atoms with Crippen molar-refractivity contribution in [2.75, 3.05) is 25.5 Å². The molecule has 6 heteroatoms. The maximum absolute atomic E-state index is 12.9. The molecule has 0 aliphatic carbocycles. The molecule has 0 radical (unpaired) electrons. The SMILES string of the molecule is CCCN(CC(=O)Nc1ccccc1C)C(=O)Cc1cc(C(C)=O)ccc1OC. The second-order valence-corrected chi connectivity index (χ2v) is 6.94. The number of methoxy groups -OCH3 is 1. The summed E-state index contributed by atoms with van der Waals surface area (Å²) in [7, 11) is 1.52. The van der Waals surface area contributed by atoms with Gasteiger partial charge in [0.25, 0.3) is 0 Å². The molecule has 0 atom stereocenters. The first kappa shape index (κ1) is 22.1. The third-order valence-corrected chi connectivity index (χ3v) is 4.63. The summed E-state index contributed by atoms with van der Waals surface area (Å²) >= 11 is 0. The second-order valence-electron chi connectivity index (χ2n) is 6.94. The van der Waals surface area contributed by atoms with Gasteiger partial charge in [-0.3, -0.25) is 14.4 Å². The smallest absolute Gasteiger partial charge is 0.244 e. The van der Waals surface area contributed by atoms with E-state index in [9.17, 15) is 14.4 Å². The number of Topliss-reactive ketones (excluding diaryl/α,β-unsaturated/α-hetero) is 1. The molecule has 0 unspecified atom stereocenters. The maximum atomic E-state index is 12.9. The maximum Gasteiger partial charge on any atom is 0.244 e. The molecule has 2 rings (SSSR count). The third kappa shape index (κ3) is 6.17. The van der Waals surface area contributed by atoms with Crippen molar-refractivity contribution >= 4 is 23.3 Å². The predicted molar refractivity (Wildman–Crippen MR) is 113 cm³/mol. The van der Waals surface area contributed by atoms with Gasteiger partial charge >= 0.3 is 0 Å². The summed E-state index contributed by atoms with van der Waals surface area (Å²) in [5.41, 5.74) is 2.84. The van der Waals surface area contributed by atoms with Gasteiger partial charge in [0.2, 0.25) is 11.8 Å². The standard InChI is InChI=1S/C23H28N2O4/c1-5-12-25(15-22(27)24-20-9-7-6-8-16(20)2)23(28)14-19-13-18(17(3)26)10-11-21(19)29-4/h6-11,13H,5,12,14-15H2,1-4H3,(H,24,27). The number of ether oxygens (including phenoxy) is 1. The number of carbonyl (C=O) groups is 3. The van der Waals surface area contributed by atoms with E-state index in [1.54, 1.807) is 18.2 Å². The first-order valence-corrected chi connectivity index (χ1v) is 9.66. The number of rotatable bonds is 9. The lowest BCUT2D eigenvalue weighted by molar-refractivity contribution is -0.134.